The first-order chi connectivity index (χ1) is 13.8. The highest BCUT2D eigenvalue weighted by atomic mass is 16.5. The lowest BCUT2D eigenvalue weighted by Gasteiger charge is -2.22. The fourth-order valence-electron chi connectivity index (χ4n) is 2.94. The maximum Gasteiger partial charge on any atom is 0.262 e. The summed E-state index contributed by atoms with van der Waals surface area (Å²) < 4.78 is 12.7. The number of nitrogens with one attached hydrogen (secondary N) is 1. The molecule has 0 bridgehead atoms. The third kappa shape index (κ3) is 4.71. The first kappa shape index (κ1) is 20.3. The first-order valence-electron chi connectivity index (χ1n) is 9.25. The molecule has 0 atom stereocenters. The van der Waals surface area contributed by atoms with Crippen molar-refractivity contribution in [2.24, 2.45) is 0 Å². The molecule has 0 radical (unpaired) electrons. The number of aryl methyl sites for hydroxylation is 1. The molecule has 1 aromatic heterocycles. The molecule has 0 aliphatic heterocycles. The van der Waals surface area contributed by atoms with Gasteiger partial charge in [0, 0.05) is 5.69 Å². The Hall–Kier alpha value is -3.42. The molecule has 1 amide bonds. The quantitative estimate of drug-likeness (QED) is 0.689. The van der Waals surface area contributed by atoms with E-state index in [-0.39, 0.29) is 17.9 Å². The van der Waals surface area contributed by atoms with E-state index in [0.717, 1.165) is 5.56 Å². The highest BCUT2D eigenvalue weighted by Gasteiger charge is 2.19. The van der Waals surface area contributed by atoms with Gasteiger partial charge in [0.25, 0.3) is 5.91 Å². The average Bonchev–Trinajstić information content (AvgIpc) is 3.11. The minimum Gasteiger partial charge on any atom is -0.494 e. The Morgan fingerprint density at radius 3 is 2.55 bits per heavy atom. The minimum absolute atomic E-state index is 0.0817. The summed E-state index contributed by atoms with van der Waals surface area (Å²) in [6.45, 7) is 8.00. The molecule has 29 heavy (non-hydrogen) atoms. The smallest absolute Gasteiger partial charge is 0.262 e. The Labute approximate surface area is 169 Å². The number of ether oxygens (including phenoxy) is 2. The van der Waals surface area contributed by atoms with E-state index in [2.05, 4.69) is 41.6 Å². The van der Waals surface area contributed by atoms with Crippen LogP contribution in [0.25, 0.3) is 5.69 Å². The topological polar surface area (TPSA) is 91.2 Å². The molecule has 0 fully saturated rings. The summed E-state index contributed by atoms with van der Waals surface area (Å²) in [7, 11) is 1.57. The second kappa shape index (κ2) is 8.30. The van der Waals surface area contributed by atoms with Crippen molar-refractivity contribution in [3.63, 3.8) is 0 Å². The molecule has 0 aliphatic carbocycles. The molecular weight excluding hydrogens is 370 g/mol. The molecule has 152 valence electrons. The van der Waals surface area contributed by atoms with Crippen molar-refractivity contribution < 1.29 is 14.3 Å². The number of hydrogen-bond acceptors (Lipinski definition) is 6. The zero-order chi connectivity index (χ0) is 21.0. The lowest BCUT2D eigenvalue weighted by molar-refractivity contribution is -0.118. The molecule has 3 rings (SSSR count). The van der Waals surface area contributed by atoms with Crippen LogP contribution in [0.5, 0.6) is 11.5 Å². The number of hydrogen-bond donors (Lipinski definition) is 1. The van der Waals surface area contributed by atoms with Crippen LogP contribution in [-0.4, -0.2) is 39.8 Å². The number of amides is 1. The van der Waals surface area contributed by atoms with Gasteiger partial charge in [0.05, 0.1) is 7.11 Å². The predicted octanol–water partition coefficient (Wildman–Crippen LogP) is 3.29. The van der Waals surface area contributed by atoms with E-state index in [9.17, 15) is 4.79 Å². The van der Waals surface area contributed by atoms with E-state index < -0.39 is 0 Å². The fraction of sp³-hybridized carbons (Fsp3) is 0.333. The van der Waals surface area contributed by atoms with Crippen LogP contribution in [0.4, 0.5) is 5.69 Å². The number of para-hydroxylation sites is 1. The van der Waals surface area contributed by atoms with Crippen molar-refractivity contribution in [2.45, 2.75) is 33.1 Å². The molecule has 8 heteroatoms. The van der Waals surface area contributed by atoms with Crippen molar-refractivity contribution in [1.29, 1.82) is 0 Å². The summed E-state index contributed by atoms with van der Waals surface area (Å²) >= 11 is 0. The standard InChI is InChI=1S/C21H25N5O3/c1-14-23-24-25-26(14)17-12-15(10-11-19(17)28-5)22-20(27)13-29-18-9-7-6-8-16(18)21(2,3)4/h6-12H,13H2,1-5H3,(H,22,27). The third-order valence-electron chi connectivity index (χ3n) is 4.37. The lowest BCUT2D eigenvalue weighted by atomic mass is 9.86. The molecular formula is C21H25N5O3. The van der Waals surface area contributed by atoms with E-state index in [4.69, 9.17) is 9.47 Å². The van der Waals surface area contributed by atoms with Gasteiger partial charge in [-0.1, -0.05) is 39.0 Å². The van der Waals surface area contributed by atoms with Crippen LogP contribution in [0.2, 0.25) is 0 Å². The molecule has 8 nitrogen and oxygen atoms in total. The van der Waals surface area contributed by atoms with Crippen LogP contribution >= 0.6 is 0 Å². The third-order valence-corrected chi connectivity index (χ3v) is 4.37. The lowest BCUT2D eigenvalue weighted by Crippen LogP contribution is -2.22. The van der Waals surface area contributed by atoms with E-state index in [1.807, 2.05) is 24.3 Å². The maximum absolute atomic E-state index is 12.5. The summed E-state index contributed by atoms with van der Waals surface area (Å²) in [5, 5.41) is 14.3. The summed E-state index contributed by atoms with van der Waals surface area (Å²) in [5.41, 5.74) is 2.19. The Balaban J connectivity index is 1.73. The van der Waals surface area contributed by atoms with Gasteiger partial charge >= 0.3 is 0 Å². The van der Waals surface area contributed by atoms with Crippen LogP contribution < -0.4 is 14.8 Å². The van der Waals surface area contributed by atoms with E-state index in [1.165, 1.54) is 0 Å². The zero-order valence-electron chi connectivity index (χ0n) is 17.3. The molecule has 1 heterocycles. The molecule has 0 spiro atoms. The van der Waals surface area contributed by atoms with Crippen molar-refractivity contribution in [2.75, 3.05) is 19.0 Å². The fourth-order valence-corrected chi connectivity index (χ4v) is 2.94. The first-order valence-corrected chi connectivity index (χ1v) is 9.25. The molecule has 0 saturated carbocycles. The summed E-state index contributed by atoms with van der Waals surface area (Å²) in [6, 6.07) is 13.0. The van der Waals surface area contributed by atoms with Crippen molar-refractivity contribution in [3.8, 4) is 17.2 Å². The summed E-state index contributed by atoms with van der Waals surface area (Å²) in [4.78, 5) is 12.5. The highest BCUT2D eigenvalue weighted by Crippen LogP contribution is 2.31. The monoisotopic (exact) mass is 395 g/mol. The number of methoxy groups -OCH3 is 1. The van der Waals surface area contributed by atoms with Gasteiger partial charge in [0.2, 0.25) is 0 Å². The second-order valence-corrected chi connectivity index (χ2v) is 7.61. The number of aromatic nitrogens is 4. The second-order valence-electron chi connectivity index (χ2n) is 7.61. The van der Waals surface area contributed by atoms with Crippen LogP contribution in [0, 0.1) is 6.92 Å². The van der Waals surface area contributed by atoms with Crippen LogP contribution in [0.3, 0.4) is 0 Å². The molecule has 1 N–H and O–H groups in total. The van der Waals surface area contributed by atoms with Gasteiger partial charge in [-0.05, 0) is 52.6 Å². The maximum atomic E-state index is 12.5. The number of carbonyl (C=O) groups is 1. The minimum atomic E-state index is -0.265. The number of anilines is 1. The molecule has 0 unspecified atom stereocenters. The Kier molecular flexibility index (Phi) is 5.81. The number of benzene rings is 2. The molecule has 0 saturated heterocycles. The van der Waals surface area contributed by atoms with Crippen molar-refractivity contribution >= 4 is 11.6 Å². The number of carbonyl (C=O) groups excluding carboxylic acids is 1. The van der Waals surface area contributed by atoms with Crippen LogP contribution in [0.15, 0.2) is 42.5 Å². The Bertz CT molecular complexity index is 1010. The Morgan fingerprint density at radius 1 is 1.14 bits per heavy atom. The van der Waals surface area contributed by atoms with E-state index in [1.54, 1.807) is 36.9 Å². The van der Waals surface area contributed by atoms with Gasteiger partial charge in [-0.25, -0.2) is 0 Å². The number of tetrazole rings is 1. The van der Waals surface area contributed by atoms with E-state index >= 15 is 0 Å². The van der Waals surface area contributed by atoms with Crippen LogP contribution in [-0.2, 0) is 10.2 Å². The van der Waals surface area contributed by atoms with Crippen molar-refractivity contribution in [1.82, 2.24) is 20.2 Å². The molecule has 0 aliphatic rings. The van der Waals surface area contributed by atoms with Gasteiger partial charge in [-0.2, -0.15) is 4.68 Å². The number of rotatable bonds is 6. The normalized spacial score (nSPS) is 11.2. The van der Waals surface area contributed by atoms with Crippen LogP contribution in [0.1, 0.15) is 32.2 Å². The molecule has 3 aromatic rings. The van der Waals surface area contributed by atoms with Gasteiger partial charge in [0.1, 0.15) is 17.2 Å². The summed E-state index contributed by atoms with van der Waals surface area (Å²) in [6.07, 6.45) is 0. The Morgan fingerprint density at radius 2 is 1.90 bits per heavy atom. The van der Waals surface area contributed by atoms with Gasteiger partial charge in [-0.15, -0.1) is 5.10 Å². The van der Waals surface area contributed by atoms with Crippen molar-refractivity contribution in [3.05, 3.63) is 53.9 Å². The SMILES string of the molecule is COc1ccc(NC(=O)COc2ccccc2C(C)(C)C)cc1-n1nnnc1C. The largest absolute Gasteiger partial charge is 0.494 e. The van der Waals surface area contributed by atoms with Gasteiger partial charge < -0.3 is 14.8 Å². The number of nitrogens with zero attached hydrogens (tertiary/aromatic N) is 4. The molecule has 2 aromatic carbocycles. The van der Waals surface area contributed by atoms with E-state index in [0.29, 0.717) is 28.7 Å². The highest BCUT2D eigenvalue weighted by molar-refractivity contribution is 5.92. The predicted molar refractivity (Wildman–Crippen MR) is 110 cm³/mol. The zero-order valence-corrected chi connectivity index (χ0v) is 17.3. The van der Waals surface area contributed by atoms with Gasteiger partial charge in [0.15, 0.2) is 12.4 Å². The van der Waals surface area contributed by atoms with Gasteiger partial charge in [-0.3, -0.25) is 4.79 Å². The average molecular weight is 395 g/mol. The summed E-state index contributed by atoms with van der Waals surface area (Å²) in [5.74, 6) is 1.64.